The molecule has 1 aromatic carbocycles. The molecule has 0 aromatic heterocycles. The second-order valence-electron chi connectivity index (χ2n) is 5.10. The summed E-state index contributed by atoms with van der Waals surface area (Å²) in [6.45, 7) is 1.82. The van der Waals surface area contributed by atoms with Crippen LogP contribution in [0.15, 0.2) is 18.2 Å². The number of anilines is 2. The number of hydrogen-bond acceptors (Lipinski definition) is 4. The minimum atomic E-state index is -0.533. The van der Waals surface area contributed by atoms with Gasteiger partial charge < -0.3 is 16.0 Å². The van der Waals surface area contributed by atoms with E-state index >= 15 is 0 Å². The van der Waals surface area contributed by atoms with E-state index < -0.39 is 11.9 Å². The van der Waals surface area contributed by atoms with E-state index in [-0.39, 0.29) is 24.0 Å². The Morgan fingerprint density at radius 1 is 1.33 bits per heavy atom. The van der Waals surface area contributed by atoms with E-state index in [2.05, 4.69) is 5.32 Å². The maximum atomic E-state index is 13.1. The Bertz CT molecular complexity index is 534. The molecular formula is C14H21FN4O2. The fourth-order valence-corrected chi connectivity index (χ4v) is 1.56. The molecule has 0 radical (unpaired) electrons. The van der Waals surface area contributed by atoms with Gasteiger partial charge in [0.15, 0.2) is 0 Å². The van der Waals surface area contributed by atoms with Crippen LogP contribution < -0.4 is 11.1 Å². The van der Waals surface area contributed by atoms with E-state index in [0.717, 1.165) is 0 Å². The zero-order valence-electron chi connectivity index (χ0n) is 12.7. The molecule has 116 valence electrons. The van der Waals surface area contributed by atoms with Crippen molar-refractivity contribution in [1.82, 2.24) is 9.80 Å². The Balaban J connectivity index is 2.65. The van der Waals surface area contributed by atoms with Gasteiger partial charge in [-0.15, -0.1) is 0 Å². The van der Waals surface area contributed by atoms with Crippen LogP contribution in [0, 0.1) is 5.82 Å². The van der Waals surface area contributed by atoms with Crippen LogP contribution in [0.2, 0.25) is 0 Å². The molecule has 1 atom stereocenters. The Labute approximate surface area is 123 Å². The van der Waals surface area contributed by atoms with Crippen LogP contribution in [0.3, 0.4) is 0 Å². The lowest BCUT2D eigenvalue weighted by Crippen LogP contribution is -2.44. The minimum absolute atomic E-state index is 0.0309. The summed E-state index contributed by atoms with van der Waals surface area (Å²) in [5, 5.41) is 2.64. The number of carbonyl (C=O) groups excluding carboxylic acids is 2. The van der Waals surface area contributed by atoms with Gasteiger partial charge in [-0.1, -0.05) is 0 Å². The fraction of sp³-hybridized carbons (Fsp3) is 0.429. The largest absolute Gasteiger partial charge is 0.396 e. The lowest BCUT2D eigenvalue weighted by Gasteiger charge is -2.24. The third-order valence-electron chi connectivity index (χ3n) is 3.19. The van der Waals surface area contributed by atoms with Gasteiger partial charge in [0, 0.05) is 19.8 Å². The van der Waals surface area contributed by atoms with Crippen molar-refractivity contribution < 1.29 is 14.0 Å². The number of halogens is 1. The van der Waals surface area contributed by atoms with Gasteiger partial charge in [-0.05, 0) is 32.2 Å². The molecule has 0 saturated heterocycles. The zero-order chi connectivity index (χ0) is 16.2. The molecule has 0 saturated carbocycles. The Morgan fingerprint density at radius 2 is 1.95 bits per heavy atom. The topological polar surface area (TPSA) is 78.7 Å². The summed E-state index contributed by atoms with van der Waals surface area (Å²) in [6.07, 6.45) is 0. The number of nitrogens with two attached hydrogens (primary N) is 1. The first-order valence-electron chi connectivity index (χ1n) is 6.48. The second kappa shape index (κ2) is 7.03. The Kier molecular flexibility index (Phi) is 5.66. The first-order chi connectivity index (χ1) is 9.72. The smallest absolute Gasteiger partial charge is 0.241 e. The van der Waals surface area contributed by atoms with Crippen molar-refractivity contribution >= 4 is 23.2 Å². The Hall–Kier alpha value is -2.15. The highest BCUT2D eigenvalue weighted by Crippen LogP contribution is 2.16. The van der Waals surface area contributed by atoms with Crippen LogP contribution in [-0.2, 0) is 9.59 Å². The van der Waals surface area contributed by atoms with Crippen LogP contribution in [0.4, 0.5) is 15.8 Å². The van der Waals surface area contributed by atoms with E-state index in [9.17, 15) is 14.0 Å². The van der Waals surface area contributed by atoms with Gasteiger partial charge in [-0.25, -0.2) is 4.39 Å². The summed E-state index contributed by atoms with van der Waals surface area (Å²) in [5.74, 6) is -0.923. The normalized spacial score (nSPS) is 12.1. The lowest BCUT2D eigenvalue weighted by molar-refractivity contribution is -0.131. The fourth-order valence-electron chi connectivity index (χ4n) is 1.56. The molecule has 0 fully saturated rings. The highest BCUT2D eigenvalue weighted by molar-refractivity contribution is 5.95. The second-order valence-corrected chi connectivity index (χ2v) is 5.10. The van der Waals surface area contributed by atoms with Gasteiger partial charge in [0.1, 0.15) is 5.82 Å². The van der Waals surface area contributed by atoms with Crippen LogP contribution in [0.25, 0.3) is 0 Å². The summed E-state index contributed by atoms with van der Waals surface area (Å²) in [6, 6.07) is 3.46. The van der Waals surface area contributed by atoms with Crippen molar-refractivity contribution in [2.75, 3.05) is 38.7 Å². The minimum Gasteiger partial charge on any atom is -0.396 e. The van der Waals surface area contributed by atoms with Crippen molar-refractivity contribution in [1.29, 1.82) is 0 Å². The molecule has 1 aromatic rings. The third-order valence-corrected chi connectivity index (χ3v) is 3.19. The highest BCUT2D eigenvalue weighted by atomic mass is 19.1. The summed E-state index contributed by atoms with van der Waals surface area (Å²) >= 11 is 0. The van der Waals surface area contributed by atoms with Crippen LogP contribution in [0.1, 0.15) is 6.92 Å². The summed E-state index contributed by atoms with van der Waals surface area (Å²) < 4.78 is 13.1. The average molecular weight is 296 g/mol. The molecule has 0 heterocycles. The standard InChI is InChI=1S/C14H21FN4O2/c1-9(19(4)8-13(20)18(2)3)14(21)17-10-5-6-11(15)12(16)7-10/h5-7,9H,8,16H2,1-4H3,(H,17,21). The quantitative estimate of drug-likeness (QED) is 0.786. The summed E-state index contributed by atoms with van der Waals surface area (Å²) in [7, 11) is 5.00. The lowest BCUT2D eigenvalue weighted by atomic mass is 10.2. The van der Waals surface area contributed by atoms with Crippen LogP contribution in [-0.4, -0.2) is 55.3 Å². The number of nitrogens with zero attached hydrogens (tertiary/aromatic N) is 2. The highest BCUT2D eigenvalue weighted by Gasteiger charge is 2.21. The number of hydrogen-bond donors (Lipinski definition) is 2. The van der Waals surface area contributed by atoms with E-state index in [0.29, 0.717) is 5.69 Å². The van der Waals surface area contributed by atoms with Gasteiger partial charge in [-0.3, -0.25) is 14.5 Å². The summed E-state index contributed by atoms with van der Waals surface area (Å²) in [5.41, 5.74) is 5.83. The monoisotopic (exact) mass is 296 g/mol. The Morgan fingerprint density at radius 3 is 2.48 bits per heavy atom. The molecular weight excluding hydrogens is 275 g/mol. The van der Waals surface area contributed by atoms with Gasteiger partial charge >= 0.3 is 0 Å². The number of amides is 2. The van der Waals surface area contributed by atoms with Gasteiger partial charge in [-0.2, -0.15) is 0 Å². The van der Waals surface area contributed by atoms with Crippen molar-refractivity contribution in [3.05, 3.63) is 24.0 Å². The molecule has 3 N–H and O–H groups in total. The first-order valence-corrected chi connectivity index (χ1v) is 6.48. The zero-order valence-corrected chi connectivity index (χ0v) is 12.7. The van der Waals surface area contributed by atoms with E-state index in [1.807, 2.05) is 0 Å². The molecule has 1 unspecified atom stereocenters. The van der Waals surface area contributed by atoms with Crippen LogP contribution >= 0.6 is 0 Å². The first kappa shape index (κ1) is 16.9. The molecule has 2 amide bonds. The predicted molar refractivity (Wildman–Crippen MR) is 80.2 cm³/mol. The number of benzene rings is 1. The third kappa shape index (κ3) is 4.71. The SMILES string of the molecule is CC(C(=O)Nc1ccc(F)c(N)c1)N(C)CC(=O)N(C)C. The molecule has 21 heavy (non-hydrogen) atoms. The van der Waals surface area contributed by atoms with E-state index in [1.165, 1.54) is 23.1 Å². The molecule has 6 nitrogen and oxygen atoms in total. The molecule has 0 aliphatic rings. The van der Waals surface area contributed by atoms with Crippen LogP contribution in [0.5, 0.6) is 0 Å². The van der Waals surface area contributed by atoms with Crippen molar-refractivity contribution in [2.45, 2.75) is 13.0 Å². The molecule has 7 heteroatoms. The number of nitrogen functional groups attached to an aromatic ring is 1. The maximum absolute atomic E-state index is 13.1. The van der Waals surface area contributed by atoms with Gasteiger partial charge in [0.25, 0.3) is 0 Å². The summed E-state index contributed by atoms with van der Waals surface area (Å²) in [4.78, 5) is 26.8. The van der Waals surface area contributed by atoms with Crippen molar-refractivity contribution in [3.63, 3.8) is 0 Å². The number of carbonyl (C=O) groups is 2. The van der Waals surface area contributed by atoms with Gasteiger partial charge in [0.05, 0.1) is 18.3 Å². The average Bonchev–Trinajstić information content (AvgIpc) is 2.41. The van der Waals surface area contributed by atoms with E-state index in [4.69, 9.17) is 5.73 Å². The number of nitrogens with one attached hydrogen (secondary N) is 1. The molecule has 0 aliphatic heterocycles. The molecule has 0 aliphatic carbocycles. The van der Waals surface area contributed by atoms with E-state index in [1.54, 1.807) is 33.0 Å². The molecule has 0 spiro atoms. The number of rotatable bonds is 5. The molecule has 0 bridgehead atoms. The van der Waals surface area contributed by atoms with Crippen molar-refractivity contribution in [2.24, 2.45) is 0 Å². The van der Waals surface area contributed by atoms with Gasteiger partial charge in [0.2, 0.25) is 11.8 Å². The number of likely N-dealkylation sites (N-methyl/N-ethyl adjacent to an activating group) is 2. The maximum Gasteiger partial charge on any atom is 0.241 e. The predicted octanol–water partition coefficient (Wildman–Crippen LogP) is 0.755. The van der Waals surface area contributed by atoms with Crippen molar-refractivity contribution in [3.8, 4) is 0 Å². The molecule has 1 rings (SSSR count).